The highest BCUT2D eigenvalue weighted by Gasteiger charge is 2.41. The highest BCUT2D eigenvalue weighted by molar-refractivity contribution is 5.86. The average molecular weight is 272 g/mol. The lowest BCUT2D eigenvalue weighted by atomic mass is 9.92. The molecular formula is C13H24N2O4. The van der Waals surface area contributed by atoms with Crippen molar-refractivity contribution in [2.24, 2.45) is 0 Å². The van der Waals surface area contributed by atoms with Crippen LogP contribution in [-0.2, 0) is 9.53 Å². The number of carboxylic acid groups (broad SMARTS) is 1. The predicted molar refractivity (Wildman–Crippen MR) is 71.1 cm³/mol. The average Bonchev–Trinajstić information content (AvgIpc) is 2.66. The van der Waals surface area contributed by atoms with Gasteiger partial charge >= 0.3 is 12.0 Å². The van der Waals surface area contributed by atoms with Crippen molar-refractivity contribution in [3.63, 3.8) is 0 Å². The molecule has 0 aromatic carbocycles. The molecule has 2 amide bonds. The van der Waals surface area contributed by atoms with Gasteiger partial charge in [-0.15, -0.1) is 0 Å². The second kappa shape index (κ2) is 5.77. The zero-order valence-electron chi connectivity index (χ0n) is 12.1. The number of rotatable bonds is 5. The number of ether oxygens (including phenoxy) is 1. The SMILES string of the molecule is CCC(CC)(NC(=O)NC1(C)CCOC1C)C(=O)O. The first-order valence-corrected chi connectivity index (χ1v) is 6.75. The Morgan fingerprint density at radius 3 is 2.37 bits per heavy atom. The van der Waals surface area contributed by atoms with Crippen LogP contribution in [-0.4, -0.2) is 40.9 Å². The molecule has 0 aromatic heterocycles. The maximum absolute atomic E-state index is 12.0. The van der Waals surface area contributed by atoms with Crippen molar-refractivity contribution in [1.29, 1.82) is 0 Å². The van der Waals surface area contributed by atoms with Crippen LogP contribution in [0.1, 0.15) is 47.0 Å². The number of nitrogens with one attached hydrogen (secondary N) is 2. The summed E-state index contributed by atoms with van der Waals surface area (Å²) in [6.07, 6.45) is 1.32. The molecule has 0 aromatic rings. The van der Waals surface area contributed by atoms with E-state index in [9.17, 15) is 14.7 Å². The molecule has 0 radical (unpaired) electrons. The van der Waals surface area contributed by atoms with E-state index in [1.165, 1.54) is 0 Å². The number of aliphatic carboxylic acids is 1. The number of urea groups is 1. The zero-order valence-corrected chi connectivity index (χ0v) is 12.1. The van der Waals surface area contributed by atoms with Gasteiger partial charge in [-0.3, -0.25) is 0 Å². The summed E-state index contributed by atoms with van der Waals surface area (Å²) in [4.78, 5) is 23.4. The maximum atomic E-state index is 12.0. The lowest BCUT2D eigenvalue weighted by Crippen LogP contribution is -2.61. The summed E-state index contributed by atoms with van der Waals surface area (Å²) in [5, 5.41) is 14.7. The van der Waals surface area contributed by atoms with Gasteiger partial charge in [0.2, 0.25) is 0 Å². The largest absolute Gasteiger partial charge is 0.480 e. The third-order valence-electron chi connectivity index (χ3n) is 4.25. The van der Waals surface area contributed by atoms with Crippen LogP contribution in [0.2, 0.25) is 0 Å². The Labute approximate surface area is 113 Å². The van der Waals surface area contributed by atoms with E-state index < -0.39 is 23.1 Å². The number of carbonyl (C=O) groups excluding carboxylic acids is 1. The molecular weight excluding hydrogens is 248 g/mol. The summed E-state index contributed by atoms with van der Waals surface area (Å²) < 4.78 is 5.44. The molecule has 0 saturated carbocycles. The van der Waals surface area contributed by atoms with Gasteiger partial charge in [0.25, 0.3) is 0 Å². The van der Waals surface area contributed by atoms with E-state index in [-0.39, 0.29) is 6.10 Å². The molecule has 110 valence electrons. The molecule has 19 heavy (non-hydrogen) atoms. The molecule has 2 unspecified atom stereocenters. The van der Waals surface area contributed by atoms with Crippen LogP contribution in [0.5, 0.6) is 0 Å². The van der Waals surface area contributed by atoms with Gasteiger partial charge in [0, 0.05) is 6.61 Å². The molecule has 0 spiro atoms. The molecule has 1 fully saturated rings. The Bertz CT molecular complexity index is 355. The molecule has 1 rings (SSSR count). The highest BCUT2D eigenvalue weighted by Crippen LogP contribution is 2.25. The number of hydrogen-bond acceptors (Lipinski definition) is 3. The van der Waals surface area contributed by atoms with Gasteiger partial charge in [0.05, 0.1) is 11.6 Å². The molecule has 2 atom stereocenters. The van der Waals surface area contributed by atoms with Crippen LogP contribution in [0.4, 0.5) is 4.79 Å². The Kier molecular flexibility index (Phi) is 4.79. The van der Waals surface area contributed by atoms with Crippen molar-refractivity contribution in [3.05, 3.63) is 0 Å². The van der Waals surface area contributed by atoms with Gasteiger partial charge in [-0.25, -0.2) is 9.59 Å². The summed E-state index contributed by atoms with van der Waals surface area (Å²) in [6, 6.07) is -0.453. The summed E-state index contributed by atoms with van der Waals surface area (Å²) in [5.74, 6) is -1.01. The van der Waals surface area contributed by atoms with Crippen LogP contribution in [0, 0.1) is 0 Å². The lowest BCUT2D eigenvalue weighted by molar-refractivity contribution is -0.144. The van der Waals surface area contributed by atoms with Crippen molar-refractivity contribution in [2.75, 3.05) is 6.61 Å². The van der Waals surface area contributed by atoms with Crippen molar-refractivity contribution in [1.82, 2.24) is 10.6 Å². The fraction of sp³-hybridized carbons (Fsp3) is 0.846. The molecule has 1 aliphatic rings. The summed E-state index contributed by atoms with van der Waals surface area (Å²) in [5.41, 5.74) is -1.65. The molecule has 1 saturated heterocycles. The van der Waals surface area contributed by atoms with Crippen LogP contribution in [0.25, 0.3) is 0 Å². The van der Waals surface area contributed by atoms with Crippen LogP contribution >= 0.6 is 0 Å². The van der Waals surface area contributed by atoms with Gasteiger partial charge in [0.15, 0.2) is 0 Å². The summed E-state index contributed by atoms with van der Waals surface area (Å²) >= 11 is 0. The number of carboxylic acids is 1. The van der Waals surface area contributed by atoms with Gasteiger partial charge in [-0.05, 0) is 33.1 Å². The third kappa shape index (κ3) is 3.18. The van der Waals surface area contributed by atoms with Gasteiger partial charge in [0.1, 0.15) is 5.54 Å². The third-order valence-corrected chi connectivity index (χ3v) is 4.25. The van der Waals surface area contributed by atoms with Crippen molar-refractivity contribution in [2.45, 2.75) is 64.1 Å². The number of hydrogen-bond donors (Lipinski definition) is 3. The Morgan fingerprint density at radius 1 is 1.42 bits per heavy atom. The van der Waals surface area contributed by atoms with Crippen molar-refractivity contribution < 1.29 is 19.4 Å². The maximum Gasteiger partial charge on any atom is 0.329 e. The van der Waals surface area contributed by atoms with Gasteiger partial charge in [-0.1, -0.05) is 13.8 Å². The first kappa shape index (κ1) is 15.8. The lowest BCUT2D eigenvalue weighted by Gasteiger charge is -2.33. The van der Waals surface area contributed by atoms with Crippen LogP contribution in [0.15, 0.2) is 0 Å². The Morgan fingerprint density at radius 2 is 2.00 bits per heavy atom. The van der Waals surface area contributed by atoms with E-state index in [4.69, 9.17) is 4.74 Å². The van der Waals surface area contributed by atoms with E-state index in [2.05, 4.69) is 10.6 Å². The second-order valence-electron chi connectivity index (χ2n) is 5.35. The fourth-order valence-electron chi connectivity index (χ4n) is 2.29. The van der Waals surface area contributed by atoms with Crippen molar-refractivity contribution in [3.8, 4) is 0 Å². The Hall–Kier alpha value is -1.30. The fourth-order valence-corrected chi connectivity index (χ4v) is 2.29. The smallest absolute Gasteiger partial charge is 0.329 e. The first-order chi connectivity index (χ1) is 8.79. The van der Waals surface area contributed by atoms with E-state index >= 15 is 0 Å². The minimum Gasteiger partial charge on any atom is -0.480 e. The zero-order chi connectivity index (χ0) is 14.7. The van der Waals surface area contributed by atoms with E-state index in [0.29, 0.717) is 19.4 Å². The number of carbonyl (C=O) groups is 2. The highest BCUT2D eigenvalue weighted by atomic mass is 16.5. The summed E-state index contributed by atoms with van der Waals surface area (Å²) in [6.45, 7) is 7.91. The summed E-state index contributed by atoms with van der Waals surface area (Å²) in [7, 11) is 0. The minimum atomic E-state index is -1.21. The predicted octanol–water partition coefficient (Wildman–Crippen LogP) is 1.50. The topological polar surface area (TPSA) is 87.7 Å². The van der Waals surface area contributed by atoms with Gasteiger partial charge < -0.3 is 20.5 Å². The first-order valence-electron chi connectivity index (χ1n) is 6.75. The van der Waals surface area contributed by atoms with Crippen LogP contribution < -0.4 is 10.6 Å². The molecule has 3 N–H and O–H groups in total. The molecule has 0 aliphatic carbocycles. The second-order valence-corrected chi connectivity index (χ2v) is 5.35. The standard InChI is InChI=1S/C13H24N2O4/c1-5-13(6-2,10(16)17)15-11(18)14-12(4)7-8-19-9(12)3/h9H,5-8H2,1-4H3,(H,16,17)(H2,14,15,18). The van der Waals surface area contributed by atoms with E-state index in [0.717, 1.165) is 6.42 Å². The molecule has 6 heteroatoms. The molecule has 0 bridgehead atoms. The quantitative estimate of drug-likeness (QED) is 0.707. The molecule has 1 aliphatic heterocycles. The van der Waals surface area contributed by atoms with E-state index in [1.54, 1.807) is 13.8 Å². The molecule has 1 heterocycles. The monoisotopic (exact) mass is 272 g/mol. The number of amides is 2. The molecule has 6 nitrogen and oxygen atoms in total. The van der Waals surface area contributed by atoms with E-state index in [1.807, 2.05) is 13.8 Å². The Balaban J connectivity index is 2.71. The van der Waals surface area contributed by atoms with Crippen molar-refractivity contribution >= 4 is 12.0 Å². The minimum absolute atomic E-state index is 0.0827. The van der Waals surface area contributed by atoms with Crippen LogP contribution in [0.3, 0.4) is 0 Å². The normalized spacial score (nSPS) is 27.1. The van der Waals surface area contributed by atoms with Gasteiger partial charge in [-0.2, -0.15) is 0 Å².